The monoisotopic (exact) mass is 399 g/mol. The quantitative estimate of drug-likeness (QED) is 0.431. The SMILES string of the molecule is CCCC1(CC(=O)O)OCCc2c1[nH]c1cccc(-c3ccc4ccccc4c3)c21. The number of hydrogen-bond donors (Lipinski definition) is 2. The van der Waals surface area contributed by atoms with Gasteiger partial charge in [-0.25, -0.2) is 0 Å². The highest BCUT2D eigenvalue weighted by Gasteiger charge is 2.41. The lowest BCUT2D eigenvalue weighted by Crippen LogP contribution is -2.37. The summed E-state index contributed by atoms with van der Waals surface area (Å²) in [6.45, 7) is 2.61. The molecule has 0 aliphatic carbocycles. The van der Waals surface area contributed by atoms with Crippen LogP contribution >= 0.6 is 0 Å². The largest absolute Gasteiger partial charge is 0.481 e. The van der Waals surface area contributed by atoms with E-state index in [1.807, 2.05) is 0 Å². The number of H-pyrrole nitrogens is 1. The summed E-state index contributed by atoms with van der Waals surface area (Å²) in [5.41, 5.74) is 4.76. The minimum absolute atomic E-state index is 0.0219. The van der Waals surface area contributed by atoms with E-state index in [4.69, 9.17) is 4.74 Å². The summed E-state index contributed by atoms with van der Waals surface area (Å²) in [6.07, 6.45) is 2.31. The number of fused-ring (bicyclic) bond motifs is 4. The van der Waals surface area contributed by atoms with Gasteiger partial charge in [-0.05, 0) is 52.4 Å². The highest BCUT2D eigenvalue weighted by molar-refractivity contribution is 6.01. The van der Waals surface area contributed by atoms with Crippen molar-refractivity contribution in [2.75, 3.05) is 6.61 Å². The molecule has 1 aromatic heterocycles. The molecule has 0 saturated heterocycles. The van der Waals surface area contributed by atoms with E-state index in [1.165, 1.54) is 32.8 Å². The maximum atomic E-state index is 11.7. The molecular formula is C26H25NO3. The van der Waals surface area contributed by atoms with Crippen molar-refractivity contribution in [3.63, 3.8) is 0 Å². The number of carbonyl (C=O) groups is 1. The average molecular weight is 399 g/mol. The van der Waals surface area contributed by atoms with Crippen molar-refractivity contribution in [3.8, 4) is 11.1 Å². The van der Waals surface area contributed by atoms with Gasteiger partial charge in [-0.15, -0.1) is 0 Å². The maximum Gasteiger partial charge on any atom is 0.306 e. The number of ether oxygens (including phenoxy) is 1. The number of benzene rings is 3. The van der Waals surface area contributed by atoms with Crippen LogP contribution < -0.4 is 0 Å². The summed E-state index contributed by atoms with van der Waals surface area (Å²) in [7, 11) is 0. The number of carboxylic acids is 1. The van der Waals surface area contributed by atoms with Crippen LogP contribution in [0.5, 0.6) is 0 Å². The van der Waals surface area contributed by atoms with Gasteiger partial charge in [-0.3, -0.25) is 4.79 Å². The number of aliphatic carboxylic acids is 1. The molecule has 4 nitrogen and oxygen atoms in total. The number of nitrogens with one attached hydrogen (secondary N) is 1. The number of aromatic nitrogens is 1. The maximum absolute atomic E-state index is 11.7. The second-order valence-corrected chi connectivity index (χ2v) is 8.18. The standard InChI is InChI=1S/C26H25NO3/c1-2-13-26(16-23(28)29)25-21(12-14-30-26)24-20(8-5-9-22(24)27-25)19-11-10-17-6-3-4-7-18(17)15-19/h3-11,15,27H,2,12-14,16H2,1H3,(H,28,29). The molecule has 0 radical (unpaired) electrons. The number of aromatic amines is 1. The topological polar surface area (TPSA) is 62.3 Å². The Morgan fingerprint density at radius 3 is 2.73 bits per heavy atom. The summed E-state index contributed by atoms with van der Waals surface area (Å²) in [6, 6.07) is 21.3. The smallest absolute Gasteiger partial charge is 0.306 e. The van der Waals surface area contributed by atoms with Crippen LogP contribution in [0, 0.1) is 0 Å². The molecule has 0 saturated carbocycles. The fourth-order valence-electron chi connectivity index (χ4n) is 5.05. The zero-order valence-electron chi connectivity index (χ0n) is 17.1. The first-order valence-electron chi connectivity index (χ1n) is 10.6. The van der Waals surface area contributed by atoms with Crippen LogP contribution in [0.3, 0.4) is 0 Å². The Bertz CT molecular complexity index is 1260. The third kappa shape index (κ3) is 2.99. The highest BCUT2D eigenvalue weighted by atomic mass is 16.5. The molecule has 4 aromatic rings. The van der Waals surface area contributed by atoms with Gasteiger partial charge in [0.15, 0.2) is 0 Å². The van der Waals surface area contributed by atoms with E-state index in [0.29, 0.717) is 13.0 Å². The number of rotatable bonds is 5. The van der Waals surface area contributed by atoms with E-state index in [-0.39, 0.29) is 6.42 Å². The van der Waals surface area contributed by atoms with Gasteiger partial charge in [0.25, 0.3) is 0 Å². The van der Waals surface area contributed by atoms with Crippen LogP contribution in [0.2, 0.25) is 0 Å². The molecule has 1 aliphatic heterocycles. The van der Waals surface area contributed by atoms with E-state index >= 15 is 0 Å². The fourth-order valence-corrected chi connectivity index (χ4v) is 5.05. The van der Waals surface area contributed by atoms with E-state index in [0.717, 1.165) is 24.1 Å². The van der Waals surface area contributed by atoms with Gasteiger partial charge in [0.05, 0.1) is 18.7 Å². The zero-order valence-corrected chi connectivity index (χ0v) is 17.1. The first-order valence-corrected chi connectivity index (χ1v) is 10.6. The first-order chi connectivity index (χ1) is 14.6. The summed E-state index contributed by atoms with van der Waals surface area (Å²) >= 11 is 0. The second-order valence-electron chi connectivity index (χ2n) is 8.18. The molecule has 30 heavy (non-hydrogen) atoms. The molecule has 2 N–H and O–H groups in total. The van der Waals surface area contributed by atoms with Gasteiger partial charge in [0.1, 0.15) is 5.60 Å². The minimum Gasteiger partial charge on any atom is -0.481 e. The lowest BCUT2D eigenvalue weighted by Gasteiger charge is -2.36. The van der Waals surface area contributed by atoms with Gasteiger partial charge >= 0.3 is 5.97 Å². The molecule has 1 atom stereocenters. The molecule has 152 valence electrons. The van der Waals surface area contributed by atoms with Gasteiger partial charge in [0, 0.05) is 10.9 Å². The Morgan fingerprint density at radius 1 is 1.10 bits per heavy atom. The summed E-state index contributed by atoms with van der Waals surface area (Å²) in [5.74, 6) is -0.829. The van der Waals surface area contributed by atoms with Crippen LogP contribution in [-0.4, -0.2) is 22.7 Å². The number of carboxylic acid groups (broad SMARTS) is 1. The van der Waals surface area contributed by atoms with Crippen molar-refractivity contribution in [2.24, 2.45) is 0 Å². The summed E-state index contributed by atoms with van der Waals surface area (Å²) in [5, 5.41) is 13.2. The molecule has 3 aromatic carbocycles. The lowest BCUT2D eigenvalue weighted by molar-refractivity contribution is -0.149. The molecule has 5 rings (SSSR count). The van der Waals surface area contributed by atoms with Crippen molar-refractivity contribution in [2.45, 2.75) is 38.2 Å². The third-order valence-electron chi connectivity index (χ3n) is 6.26. The van der Waals surface area contributed by atoms with Gasteiger partial charge < -0.3 is 14.8 Å². The first kappa shape index (κ1) is 18.9. The van der Waals surface area contributed by atoms with Crippen molar-refractivity contribution in [3.05, 3.63) is 71.9 Å². The van der Waals surface area contributed by atoms with E-state index in [9.17, 15) is 9.90 Å². The second kappa shape index (κ2) is 7.29. The van der Waals surface area contributed by atoms with Crippen LogP contribution in [0.1, 0.15) is 37.4 Å². The average Bonchev–Trinajstić information content (AvgIpc) is 3.14. The Morgan fingerprint density at radius 2 is 1.93 bits per heavy atom. The Balaban J connectivity index is 1.73. The Labute approximate surface area is 175 Å². The van der Waals surface area contributed by atoms with Gasteiger partial charge in [0.2, 0.25) is 0 Å². The van der Waals surface area contributed by atoms with Crippen molar-refractivity contribution < 1.29 is 14.6 Å². The fraction of sp³-hybridized carbons (Fsp3) is 0.269. The molecule has 0 fully saturated rings. The lowest BCUT2D eigenvalue weighted by atomic mass is 9.84. The molecular weight excluding hydrogens is 374 g/mol. The molecule has 2 heterocycles. The van der Waals surface area contributed by atoms with Crippen LogP contribution in [0.25, 0.3) is 32.8 Å². The van der Waals surface area contributed by atoms with Gasteiger partial charge in [-0.2, -0.15) is 0 Å². The van der Waals surface area contributed by atoms with Crippen molar-refractivity contribution in [1.29, 1.82) is 0 Å². The summed E-state index contributed by atoms with van der Waals surface area (Å²) in [4.78, 5) is 15.2. The van der Waals surface area contributed by atoms with Crippen molar-refractivity contribution >= 4 is 27.6 Å². The molecule has 0 amide bonds. The highest BCUT2D eigenvalue weighted by Crippen LogP contribution is 2.44. The zero-order chi connectivity index (χ0) is 20.7. The number of hydrogen-bond acceptors (Lipinski definition) is 2. The molecule has 0 bridgehead atoms. The van der Waals surface area contributed by atoms with Crippen LogP contribution in [0.4, 0.5) is 0 Å². The predicted molar refractivity (Wildman–Crippen MR) is 120 cm³/mol. The minimum atomic E-state index is -0.829. The summed E-state index contributed by atoms with van der Waals surface area (Å²) < 4.78 is 6.16. The molecule has 1 aliphatic rings. The van der Waals surface area contributed by atoms with E-state index in [1.54, 1.807) is 0 Å². The van der Waals surface area contributed by atoms with E-state index in [2.05, 4.69) is 72.6 Å². The van der Waals surface area contributed by atoms with E-state index < -0.39 is 11.6 Å². The van der Waals surface area contributed by atoms with Gasteiger partial charge in [-0.1, -0.05) is 61.9 Å². The Kier molecular flexibility index (Phi) is 4.59. The molecule has 0 spiro atoms. The molecule has 4 heteroatoms. The molecule has 1 unspecified atom stereocenters. The van der Waals surface area contributed by atoms with Crippen LogP contribution in [-0.2, 0) is 21.6 Å². The normalized spacial score (nSPS) is 18.6. The predicted octanol–water partition coefficient (Wildman–Crippen LogP) is 6.03. The third-order valence-corrected chi connectivity index (χ3v) is 6.26. The Hall–Kier alpha value is -3.11. The van der Waals surface area contributed by atoms with Crippen molar-refractivity contribution in [1.82, 2.24) is 4.98 Å². The van der Waals surface area contributed by atoms with Crippen LogP contribution in [0.15, 0.2) is 60.7 Å².